The Kier molecular flexibility index (Phi) is 9.62. The normalized spacial score (nSPS) is 12.5. The first-order valence-electron chi connectivity index (χ1n) is 11.8. The maximum atomic E-state index is 12.7. The van der Waals surface area contributed by atoms with E-state index >= 15 is 0 Å². The lowest BCUT2D eigenvalue weighted by molar-refractivity contribution is -0.167. The number of ketones is 3. The Morgan fingerprint density at radius 3 is 1.88 bits per heavy atom. The predicted molar refractivity (Wildman–Crippen MR) is 127 cm³/mol. The maximum absolute atomic E-state index is 12.7. The van der Waals surface area contributed by atoms with Gasteiger partial charge in [-0.3, -0.25) is 38.4 Å². The Balaban J connectivity index is 1.59. The van der Waals surface area contributed by atoms with Gasteiger partial charge < -0.3 is 28.8 Å². The minimum atomic E-state index is -1.39. The number of hydrogen-bond donors (Lipinski definition) is 2. The van der Waals surface area contributed by atoms with Crippen molar-refractivity contribution in [2.45, 2.75) is 38.2 Å². The third-order valence-corrected chi connectivity index (χ3v) is 5.42. The first-order chi connectivity index (χ1) is 19.0. The van der Waals surface area contributed by atoms with Crippen molar-refractivity contribution in [2.24, 2.45) is 0 Å². The lowest BCUT2D eigenvalue weighted by Gasteiger charge is -2.18. The van der Waals surface area contributed by atoms with Crippen LogP contribution >= 0.6 is 0 Å². The van der Waals surface area contributed by atoms with Gasteiger partial charge in [-0.2, -0.15) is 0 Å². The fourth-order valence-corrected chi connectivity index (χ4v) is 3.50. The van der Waals surface area contributed by atoms with Gasteiger partial charge >= 0.3 is 29.8 Å². The lowest BCUT2D eigenvalue weighted by Crippen LogP contribution is -2.31. The molecule has 210 valence electrons. The molecule has 1 aliphatic rings. The molecule has 1 unspecified atom stereocenters. The number of ether oxygens (including phenoxy) is 3. The number of esters is 3. The van der Waals surface area contributed by atoms with Gasteiger partial charge in [0.05, 0.1) is 31.2 Å². The topological polar surface area (TPSA) is 218 Å². The third kappa shape index (κ3) is 7.69. The lowest BCUT2D eigenvalue weighted by atomic mass is 9.88. The Morgan fingerprint density at radius 1 is 0.725 bits per heavy atom. The predicted octanol–water partition coefficient (Wildman–Crippen LogP) is 1.36. The van der Waals surface area contributed by atoms with Gasteiger partial charge in [0.25, 0.3) is 0 Å². The Bertz CT molecular complexity index is 1330. The van der Waals surface area contributed by atoms with Gasteiger partial charge in [0.2, 0.25) is 11.6 Å². The van der Waals surface area contributed by atoms with Gasteiger partial charge in [0.1, 0.15) is 19.6 Å². The molecule has 2 N–H and O–H groups in total. The van der Waals surface area contributed by atoms with E-state index in [1.165, 1.54) is 12.1 Å². The number of Topliss-reactive ketones (excluding diaryl/α,β-unsaturated/α-hetero) is 1. The van der Waals surface area contributed by atoms with Crippen molar-refractivity contribution >= 4 is 47.2 Å². The molecule has 0 saturated carbocycles. The summed E-state index contributed by atoms with van der Waals surface area (Å²) in [5, 5.41) is 17.3. The molecule has 0 amide bonds. The number of carboxylic acid groups (broad SMARTS) is 2. The van der Waals surface area contributed by atoms with Crippen molar-refractivity contribution in [2.75, 3.05) is 13.2 Å². The number of aliphatic carboxylic acids is 2. The Labute approximate surface area is 224 Å². The third-order valence-electron chi connectivity index (χ3n) is 5.42. The van der Waals surface area contributed by atoms with Gasteiger partial charge in [-0.15, -0.1) is 0 Å². The van der Waals surface area contributed by atoms with Crippen molar-refractivity contribution < 1.29 is 67.2 Å². The smallest absolute Gasteiger partial charge is 0.313 e. The number of rotatable bonds is 14. The molecule has 40 heavy (non-hydrogen) atoms. The van der Waals surface area contributed by atoms with Crippen LogP contribution in [0.3, 0.4) is 0 Å². The monoisotopic (exact) mass is 558 g/mol. The molecule has 0 bridgehead atoms. The molecule has 0 radical (unpaired) electrons. The minimum absolute atomic E-state index is 0.111. The maximum Gasteiger partial charge on any atom is 0.313 e. The molecule has 1 aromatic heterocycles. The number of hydrogen-bond acceptors (Lipinski definition) is 12. The summed E-state index contributed by atoms with van der Waals surface area (Å²) in [6.07, 6.45) is -4.36. The van der Waals surface area contributed by atoms with Crippen LogP contribution in [0.15, 0.2) is 34.7 Å². The van der Waals surface area contributed by atoms with E-state index in [1.54, 1.807) is 12.1 Å². The Hall–Kier alpha value is -5.14. The van der Waals surface area contributed by atoms with Crippen LogP contribution in [0.1, 0.15) is 74.7 Å². The largest absolute Gasteiger partial charge is 0.481 e. The highest BCUT2D eigenvalue weighted by molar-refractivity contribution is 6.28. The standard InChI is InChI=1S/C26H22O14/c27-17(18-9-16-24(35)14-3-1-2-4-15(14)25(36)26(16)40-18)10-23(34)38-12-13(39-22(33)8-6-20(30)31)11-37-21(32)7-5-19(28)29/h1-4,9,13H,5-8,10-12H2,(H,28,29)(H,30,31). The van der Waals surface area contributed by atoms with Crippen molar-refractivity contribution in [3.63, 3.8) is 0 Å². The van der Waals surface area contributed by atoms with E-state index in [9.17, 15) is 38.4 Å². The second-order valence-electron chi connectivity index (χ2n) is 8.42. The quantitative estimate of drug-likeness (QED) is 0.124. The van der Waals surface area contributed by atoms with E-state index < -0.39 is 104 Å². The fraction of sp³-hybridized carbons (Fsp3) is 0.308. The molecule has 0 spiro atoms. The minimum Gasteiger partial charge on any atom is -0.481 e. The number of furan rings is 1. The molecule has 0 fully saturated rings. The molecule has 1 aliphatic carbocycles. The van der Waals surface area contributed by atoms with Crippen LogP contribution < -0.4 is 0 Å². The highest BCUT2D eigenvalue weighted by Gasteiger charge is 2.35. The van der Waals surface area contributed by atoms with Crippen molar-refractivity contribution in [1.29, 1.82) is 0 Å². The zero-order valence-electron chi connectivity index (χ0n) is 20.7. The van der Waals surface area contributed by atoms with Crippen LogP contribution in [-0.2, 0) is 38.2 Å². The van der Waals surface area contributed by atoms with Crippen LogP contribution in [0.25, 0.3) is 0 Å². The van der Waals surface area contributed by atoms with Gasteiger partial charge in [-0.05, 0) is 6.07 Å². The van der Waals surface area contributed by atoms with E-state index in [0.29, 0.717) is 0 Å². The van der Waals surface area contributed by atoms with E-state index in [-0.39, 0.29) is 22.5 Å². The van der Waals surface area contributed by atoms with Gasteiger partial charge in [-0.1, -0.05) is 24.3 Å². The number of carbonyl (C=O) groups excluding carboxylic acids is 6. The van der Waals surface area contributed by atoms with Crippen LogP contribution in [-0.4, -0.2) is 76.7 Å². The highest BCUT2D eigenvalue weighted by Crippen LogP contribution is 2.30. The summed E-state index contributed by atoms with van der Waals surface area (Å²) in [5.41, 5.74) is 0.130. The SMILES string of the molecule is O=C(O)CCC(=O)OCC(COC(=O)CC(=O)c1cc2c(o1)C(=O)c1ccccc1C2=O)OC(=O)CCC(=O)O. The first-order valence-corrected chi connectivity index (χ1v) is 11.8. The van der Waals surface area contributed by atoms with E-state index in [0.717, 1.165) is 6.07 Å². The number of carboxylic acids is 2. The van der Waals surface area contributed by atoms with Crippen molar-refractivity contribution in [3.05, 3.63) is 58.5 Å². The molecule has 14 nitrogen and oxygen atoms in total. The summed E-state index contributed by atoms with van der Waals surface area (Å²) in [6.45, 7) is -1.34. The molecule has 1 aromatic carbocycles. The van der Waals surface area contributed by atoms with Crippen molar-refractivity contribution in [1.82, 2.24) is 0 Å². The highest BCUT2D eigenvalue weighted by atomic mass is 16.6. The second-order valence-corrected chi connectivity index (χ2v) is 8.42. The second kappa shape index (κ2) is 13.1. The summed E-state index contributed by atoms with van der Waals surface area (Å²) in [4.78, 5) is 95.0. The van der Waals surface area contributed by atoms with Crippen LogP contribution in [0.5, 0.6) is 0 Å². The molecule has 0 aliphatic heterocycles. The molecular formula is C26H22O14. The summed E-state index contributed by atoms with van der Waals surface area (Å²) >= 11 is 0. The number of benzene rings is 1. The molecule has 1 atom stereocenters. The van der Waals surface area contributed by atoms with Crippen LogP contribution in [0.2, 0.25) is 0 Å². The van der Waals surface area contributed by atoms with Crippen LogP contribution in [0, 0.1) is 0 Å². The molecule has 14 heteroatoms. The Morgan fingerprint density at radius 2 is 1.27 bits per heavy atom. The van der Waals surface area contributed by atoms with Gasteiger partial charge in [0.15, 0.2) is 23.4 Å². The average molecular weight is 558 g/mol. The average Bonchev–Trinajstić information content (AvgIpc) is 3.37. The molecule has 2 aromatic rings. The van der Waals surface area contributed by atoms with E-state index in [4.69, 9.17) is 28.8 Å². The molecule has 1 heterocycles. The van der Waals surface area contributed by atoms with Gasteiger partial charge in [0, 0.05) is 11.1 Å². The molecule has 0 saturated heterocycles. The van der Waals surface area contributed by atoms with E-state index in [2.05, 4.69) is 0 Å². The first kappa shape index (κ1) is 29.4. The summed E-state index contributed by atoms with van der Waals surface area (Å²) in [5.74, 6) is -8.39. The number of carbonyl (C=O) groups is 8. The zero-order chi connectivity index (χ0) is 29.4. The molecular weight excluding hydrogens is 536 g/mol. The number of fused-ring (bicyclic) bond motifs is 2. The molecule has 3 rings (SSSR count). The fourth-order valence-electron chi connectivity index (χ4n) is 3.50. The van der Waals surface area contributed by atoms with Gasteiger partial charge in [-0.25, -0.2) is 0 Å². The zero-order valence-corrected chi connectivity index (χ0v) is 20.7. The summed E-state index contributed by atoms with van der Waals surface area (Å²) < 4.78 is 20.0. The van der Waals surface area contributed by atoms with Crippen LogP contribution in [0.4, 0.5) is 0 Å². The summed E-state index contributed by atoms with van der Waals surface area (Å²) in [7, 11) is 0. The summed E-state index contributed by atoms with van der Waals surface area (Å²) in [6, 6.07) is 7.09. The van der Waals surface area contributed by atoms with E-state index in [1.807, 2.05) is 0 Å². The van der Waals surface area contributed by atoms with Crippen molar-refractivity contribution in [3.8, 4) is 0 Å².